The van der Waals surface area contributed by atoms with Crippen LogP contribution in [0, 0.1) is 11.8 Å². The van der Waals surface area contributed by atoms with Crippen molar-refractivity contribution in [3.05, 3.63) is 29.8 Å². The van der Waals surface area contributed by atoms with Gasteiger partial charge in [0.2, 0.25) is 0 Å². The Labute approximate surface area is 99.3 Å². The molecular formula is C15H23N. The fraction of sp³-hybridized carbons (Fsp3) is 0.600. The monoisotopic (exact) mass is 217 g/mol. The van der Waals surface area contributed by atoms with Crippen LogP contribution in [0.2, 0.25) is 0 Å². The molecule has 1 aliphatic rings. The van der Waals surface area contributed by atoms with Gasteiger partial charge in [0.1, 0.15) is 0 Å². The van der Waals surface area contributed by atoms with Gasteiger partial charge in [-0.3, -0.25) is 0 Å². The molecule has 0 aromatic heterocycles. The maximum Gasteiger partial charge on any atom is 0.0337 e. The Balaban J connectivity index is 2.15. The lowest BCUT2D eigenvalue weighted by Gasteiger charge is -2.34. The van der Waals surface area contributed by atoms with Crippen LogP contribution in [-0.2, 0) is 0 Å². The van der Waals surface area contributed by atoms with Crippen molar-refractivity contribution in [2.75, 3.05) is 12.4 Å². The average Bonchev–Trinajstić information content (AvgIpc) is 2.33. The lowest BCUT2D eigenvalue weighted by atomic mass is 9.71. The first kappa shape index (κ1) is 11.5. The molecule has 1 saturated carbocycles. The summed E-state index contributed by atoms with van der Waals surface area (Å²) in [5.41, 5.74) is 2.73. The molecule has 1 fully saturated rings. The Morgan fingerprint density at radius 2 is 1.75 bits per heavy atom. The summed E-state index contributed by atoms with van der Waals surface area (Å²) in [6.45, 7) is 4.82. The zero-order chi connectivity index (χ0) is 11.5. The lowest BCUT2D eigenvalue weighted by Crippen LogP contribution is -2.22. The zero-order valence-corrected chi connectivity index (χ0v) is 10.7. The van der Waals surface area contributed by atoms with E-state index < -0.39 is 0 Å². The molecule has 0 bridgehead atoms. The highest BCUT2D eigenvalue weighted by atomic mass is 14.8. The molecule has 1 N–H and O–H groups in total. The average molecular weight is 217 g/mol. The minimum Gasteiger partial charge on any atom is -0.388 e. The first-order valence-corrected chi connectivity index (χ1v) is 6.50. The standard InChI is InChI=1S/C15H23N/c1-11-5-4-6-15(12(11)2)13-7-9-14(16-3)10-8-13/h7-12,15-16H,4-6H2,1-3H3. The molecule has 0 saturated heterocycles. The van der Waals surface area contributed by atoms with Crippen molar-refractivity contribution >= 4 is 5.69 Å². The molecule has 1 aromatic rings. The Morgan fingerprint density at radius 1 is 1.06 bits per heavy atom. The third-order valence-electron chi connectivity index (χ3n) is 4.33. The minimum absolute atomic E-state index is 0.773. The number of rotatable bonds is 2. The number of benzene rings is 1. The lowest BCUT2D eigenvalue weighted by molar-refractivity contribution is 0.238. The fourth-order valence-electron chi connectivity index (χ4n) is 2.95. The molecule has 1 aromatic carbocycles. The van der Waals surface area contributed by atoms with E-state index in [-0.39, 0.29) is 0 Å². The normalized spacial score (nSPS) is 30.1. The molecular weight excluding hydrogens is 194 g/mol. The van der Waals surface area contributed by atoms with Crippen molar-refractivity contribution in [2.45, 2.75) is 39.0 Å². The number of nitrogens with one attached hydrogen (secondary N) is 1. The van der Waals surface area contributed by atoms with Crippen LogP contribution < -0.4 is 5.32 Å². The van der Waals surface area contributed by atoms with Crippen LogP contribution in [0.25, 0.3) is 0 Å². The molecule has 0 heterocycles. The predicted octanol–water partition coefficient (Wildman–Crippen LogP) is 4.27. The second-order valence-electron chi connectivity index (χ2n) is 5.25. The highest BCUT2D eigenvalue weighted by Crippen LogP contribution is 2.40. The third kappa shape index (κ3) is 2.23. The number of hydrogen-bond donors (Lipinski definition) is 1. The molecule has 1 nitrogen and oxygen atoms in total. The van der Waals surface area contributed by atoms with E-state index in [1.807, 2.05) is 7.05 Å². The van der Waals surface area contributed by atoms with Crippen molar-refractivity contribution in [3.63, 3.8) is 0 Å². The molecule has 88 valence electrons. The predicted molar refractivity (Wildman–Crippen MR) is 70.9 cm³/mol. The number of hydrogen-bond acceptors (Lipinski definition) is 1. The second-order valence-corrected chi connectivity index (χ2v) is 5.25. The Hall–Kier alpha value is -0.980. The summed E-state index contributed by atoms with van der Waals surface area (Å²) in [5, 5.41) is 3.18. The van der Waals surface area contributed by atoms with E-state index in [0.29, 0.717) is 0 Å². The molecule has 0 amide bonds. The van der Waals surface area contributed by atoms with Gasteiger partial charge in [0.15, 0.2) is 0 Å². The van der Waals surface area contributed by atoms with Gasteiger partial charge in [-0.25, -0.2) is 0 Å². The molecule has 2 rings (SSSR count). The first-order chi connectivity index (χ1) is 7.72. The second kappa shape index (κ2) is 4.90. The van der Waals surface area contributed by atoms with Crippen LogP contribution in [-0.4, -0.2) is 7.05 Å². The van der Waals surface area contributed by atoms with Gasteiger partial charge in [0.05, 0.1) is 0 Å². The van der Waals surface area contributed by atoms with Gasteiger partial charge in [0, 0.05) is 12.7 Å². The van der Waals surface area contributed by atoms with E-state index >= 15 is 0 Å². The third-order valence-corrected chi connectivity index (χ3v) is 4.33. The maximum atomic E-state index is 3.18. The highest BCUT2D eigenvalue weighted by Gasteiger charge is 2.27. The summed E-state index contributed by atoms with van der Waals surface area (Å²) in [4.78, 5) is 0. The molecule has 1 heteroatoms. The molecule has 16 heavy (non-hydrogen) atoms. The zero-order valence-electron chi connectivity index (χ0n) is 10.7. The Kier molecular flexibility index (Phi) is 3.52. The van der Waals surface area contributed by atoms with E-state index in [9.17, 15) is 0 Å². The van der Waals surface area contributed by atoms with Gasteiger partial charge < -0.3 is 5.32 Å². The topological polar surface area (TPSA) is 12.0 Å². The van der Waals surface area contributed by atoms with Gasteiger partial charge in [-0.1, -0.05) is 38.8 Å². The molecule has 0 spiro atoms. The summed E-state index contributed by atoms with van der Waals surface area (Å²) in [5.74, 6) is 2.48. The van der Waals surface area contributed by atoms with Gasteiger partial charge in [-0.2, -0.15) is 0 Å². The van der Waals surface area contributed by atoms with Gasteiger partial charge in [-0.05, 0) is 41.9 Å². The molecule has 0 aliphatic heterocycles. The van der Waals surface area contributed by atoms with Crippen LogP contribution in [0.15, 0.2) is 24.3 Å². The van der Waals surface area contributed by atoms with Crippen LogP contribution in [0.1, 0.15) is 44.6 Å². The maximum absolute atomic E-state index is 3.18. The molecule has 3 atom stereocenters. The summed E-state index contributed by atoms with van der Waals surface area (Å²) in [6.07, 6.45) is 4.17. The SMILES string of the molecule is CNc1ccc(C2CCCC(C)C2C)cc1. The summed E-state index contributed by atoms with van der Waals surface area (Å²) in [7, 11) is 1.97. The summed E-state index contributed by atoms with van der Waals surface area (Å²) < 4.78 is 0. The van der Waals surface area contributed by atoms with E-state index in [4.69, 9.17) is 0 Å². The van der Waals surface area contributed by atoms with Crippen LogP contribution in [0.3, 0.4) is 0 Å². The van der Waals surface area contributed by atoms with Crippen LogP contribution in [0.4, 0.5) is 5.69 Å². The van der Waals surface area contributed by atoms with Crippen molar-refractivity contribution in [1.29, 1.82) is 0 Å². The first-order valence-electron chi connectivity index (χ1n) is 6.50. The van der Waals surface area contributed by atoms with Gasteiger partial charge >= 0.3 is 0 Å². The van der Waals surface area contributed by atoms with E-state index in [0.717, 1.165) is 17.8 Å². The van der Waals surface area contributed by atoms with Gasteiger partial charge in [0.25, 0.3) is 0 Å². The minimum atomic E-state index is 0.773. The quantitative estimate of drug-likeness (QED) is 0.780. The summed E-state index contributed by atoms with van der Waals surface area (Å²) >= 11 is 0. The summed E-state index contributed by atoms with van der Waals surface area (Å²) in [6, 6.07) is 8.98. The van der Waals surface area contributed by atoms with E-state index in [1.54, 1.807) is 0 Å². The highest BCUT2D eigenvalue weighted by molar-refractivity contribution is 5.44. The molecule has 1 aliphatic carbocycles. The van der Waals surface area contributed by atoms with Crippen LogP contribution in [0.5, 0.6) is 0 Å². The Morgan fingerprint density at radius 3 is 2.38 bits per heavy atom. The van der Waals surface area contributed by atoms with E-state index in [2.05, 4.69) is 43.4 Å². The van der Waals surface area contributed by atoms with Gasteiger partial charge in [-0.15, -0.1) is 0 Å². The van der Waals surface area contributed by atoms with Crippen molar-refractivity contribution in [3.8, 4) is 0 Å². The fourth-order valence-corrected chi connectivity index (χ4v) is 2.95. The Bertz CT molecular complexity index is 328. The van der Waals surface area contributed by atoms with Crippen molar-refractivity contribution in [2.24, 2.45) is 11.8 Å². The van der Waals surface area contributed by atoms with Crippen LogP contribution >= 0.6 is 0 Å². The van der Waals surface area contributed by atoms with E-state index in [1.165, 1.54) is 30.5 Å². The van der Waals surface area contributed by atoms with Crippen molar-refractivity contribution in [1.82, 2.24) is 0 Å². The molecule has 3 unspecified atom stereocenters. The smallest absolute Gasteiger partial charge is 0.0337 e. The number of anilines is 1. The van der Waals surface area contributed by atoms with Crippen molar-refractivity contribution < 1.29 is 0 Å². The largest absolute Gasteiger partial charge is 0.388 e. The molecule has 0 radical (unpaired) electrons.